The summed E-state index contributed by atoms with van der Waals surface area (Å²) < 4.78 is 1.78. The van der Waals surface area contributed by atoms with Crippen LogP contribution >= 0.6 is 23.2 Å². The van der Waals surface area contributed by atoms with Crippen LogP contribution in [0.4, 0.5) is 5.69 Å². The van der Waals surface area contributed by atoms with E-state index in [4.69, 9.17) is 23.2 Å². The molecular formula is C15H13Cl2N5. The molecule has 0 radical (unpaired) electrons. The zero-order valence-electron chi connectivity index (χ0n) is 11.8. The first kappa shape index (κ1) is 14.8. The Bertz CT molecular complexity index is 763. The van der Waals surface area contributed by atoms with Crippen LogP contribution in [-0.4, -0.2) is 20.0 Å². The van der Waals surface area contributed by atoms with E-state index in [1.54, 1.807) is 23.3 Å². The summed E-state index contributed by atoms with van der Waals surface area (Å²) in [5, 5.41) is 12.3. The summed E-state index contributed by atoms with van der Waals surface area (Å²) in [6.45, 7) is 2.49. The van der Waals surface area contributed by atoms with Crippen LogP contribution in [0.5, 0.6) is 0 Å². The molecule has 22 heavy (non-hydrogen) atoms. The number of benzene rings is 1. The summed E-state index contributed by atoms with van der Waals surface area (Å²) >= 11 is 12.2. The molecule has 0 atom stereocenters. The van der Waals surface area contributed by atoms with Gasteiger partial charge in [0, 0.05) is 30.2 Å². The van der Waals surface area contributed by atoms with Gasteiger partial charge in [0.15, 0.2) is 0 Å². The van der Waals surface area contributed by atoms with Crippen molar-refractivity contribution in [2.24, 2.45) is 0 Å². The van der Waals surface area contributed by atoms with Crippen molar-refractivity contribution in [1.82, 2.24) is 20.0 Å². The average molecular weight is 334 g/mol. The molecule has 0 saturated carbocycles. The Kier molecular flexibility index (Phi) is 4.27. The van der Waals surface area contributed by atoms with Gasteiger partial charge in [0.1, 0.15) is 0 Å². The van der Waals surface area contributed by atoms with E-state index in [1.165, 1.54) is 0 Å². The third-order valence-electron chi connectivity index (χ3n) is 3.25. The second-order valence-corrected chi connectivity index (χ2v) is 5.58. The SMILES string of the molecule is Cc1cnnn1-c1ccc(NCc2c(Cl)cncc2Cl)cc1. The fourth-order valence-electron chi connectivity index (χ4n) is 2.06. The van der Waals surface area contributed by atoms with E-state index in [0.717, 1.165) is 22.6 Å². The van der Waals surface area contributed by atoms with Gasteiger partial charge in [0.2, 0.25) is 0 Å². The molecule has 2 heterocycles. The van der Waals surface area contributed by atoms with E-state index in [-0.39, 0.29) is 0 Å². The van der Waals surface area contributed by atoms with Crippen molar-refractivity contribution in [3.8, 4) is 5.69 Å². The monoisotopic (exact) mass is 333 g/mol. The number of anilines is 1. The minimum absolute atomic E-state index is 0.530. The first-order valence-electron chi connectivity index (χ1n) is 6.64. The molecule has 0 bridgehead atoms. The van der Waals surface area contributed by atoms with Crippen LogP contribution in [0.25, 0.3) is 5.69 Å². The van der Waals surface area contributed by atoms with Crippen molar-refractivity contribution in [3.05, 3.63) is 64.2 Å². The highest BCUT2D eigenvalue weighted by atomic mass is 35.5. The molecule has 0 amide bonds. The molecule has 1 N–H and O–H groups in total. The molecule has 3 aromatic rings. The fourth-order valence-corrected chi connectivity index (χ4v) is 2.56. The van der Waals surface area contributed by atoms with Crippen LogP contribution in [-0.2, 0) is 6.54 Å². The molecule has 0 spiro atoms. The lowest BCUT2D eigenvalue weighted by Crippen LogP contribution is -2.02. The van der Waals surface area contributed by atoms with Crippen molar-refractivity contribution in [2.75, 3.05) is 5.32 Å². The number of hydrogen-bond acceptors (Lipinski definition) is 4. The smallest absolute Gasteiger partial charge is 0.0726 e. The maximum Gasteiger partial charge on any atom is 0.0726 e. The first-order valence-corrected chi connectivity index (χ1v) is 7.40. The molecule has 0 unspecified atom stereocenters. The molecule has 1 aromatic carbocycles. The Labute approximate surface area is 137 Å². The summed E-state index contributed by atoms with van der Waals surface area (Å²) in [7, 11) is 0. The van der Waals surface area contributed by atoms with Crippen LogP contribution in [0.3, 0.4) is 0 Å². The van der Waals surface area contributed by atoms with Crippen LogP contribution in [0, 0.1) is 6.92 Å². The van der Waals surface area contributed by atoms with E-state index >= 15 is 0 Å². The van der Waals surface area contributed by atoms with Crippen molar-refractivity contribution >= 4 is 28.9 Å². The predicted molar refractivity (Wildman–Crippen MR) is 87.7 cm³/mol. The summed E-state index contributed by atoms with van der Waals surface area (Å²) in [6, 6.07) is 7.89. The number of hydrogen-bond donors (Lipinski definition) is 1. The molecule has 2 aromatic heterocycles. The van der Waals surface area contributed by atoms with Crippen LogP contribution in [0.15, 0.2) is 42.9 Å². The molecule has 0 fully saturated rings. The molecule has 5 nitrogen and oxygen atoms in total. The number of nitrogens with zero attached hydrogens (tertiary/aromatic N) is 4. The van der Waals surface area contributed by atoms with Gasteiger partial charge < -0.3 is 5.32 Å². The highest BCUT2D eigenvalue weighted by Crippen LogP contribution is 2.24. The van der Waals surface area contributed by atoms with Gasteiger partial charge in [-0.2, -0.15) is 0 Å². The van der Waals surface area contributed by atoms with Gasteiger partial charge in [-0.3, -0.25) is 4.98 Å². The van der Waals surface area contributed by atoms with Gasteiger partial charge in [-0.05, 0) is 31.2 Å². The molecule has 0 aliphatic carbocycles. The van der Waals surface area contributed by atoms with E-state index in [9.17, 15) is 0 Å². The summed E-state index contributed by atoms with van der Waals surface area (Å²) in [4.78, 5) is 3.94. The largest absolute Gasteiger partial charge is 0.381 e. The molecule has 7 heteroatoms. The van der Waals surface area contributed by atoms with E-state index in [1.807, 2.05) is 31.2 Å². The molecule has 112 valence electrons. The summed E-state index contributed by atoms with van der Waals surface area (Å²) in [6.07, 6.45) is 4.89. The quantitative estimate of drug-likeness (QED) is 0.786. The zero-order valence-corrected chi connectivity index (χ0v) is 13.3. The highest BCUT2D eigenvalue weighted by molar-refractivity contribution is 6.35. The number of aryl methyl sites for hydroxylation is 1. The fraction of sp³-hybridized carbons (Fsp3) is 0.133. The van der Waals surface area contributed by atoms with Crippen molar-refractivity contribution in [3.63, 3.8) is 0 Å². The number of nitrogens with one attached hydrogen (secondary N) is 1. The summed E-state index contributed by atoms with van der Waals surface area (Å²) in [5.41, 5.74) is 3.73. The van der Waals surface area contributed by atoms with E-state index < -0.39 is 0 Å². The van der Waals surface area contributed by atoms with Crippen molar-refractivity contribution in [2.45, 2.75) is 13.5 Å². The van der Waals surface area contributed by atoms with Crippen LogP contribution in [0.1, 0.15) is 11.3 Å². The van der Waals surface area contributed by atoms with Crippen molar-refractivity contribution < 1.29 is 0 Å². The Morgan fingerprint density at radius 1 is 1.05 bits per heavy atom. The normalized spacial score (nSPS) is 10.7. The van der Waals surface area contributed by atoms with Gasteiger partial charge >= 0.3 is 0 Å². The Hall–Kier alpha value is -2.11. The van der Waals surface area contributed by atoms with Gasteiger partial charge in [-0.1, -0.05) is 28.4 Å². The standard InChI is InChI=1S/C15H13Cl2N5/c1-10-6-20-21-22(10)12-4-2-11(3-5-12)19-7-13-14(16)8-18-9-15(13)17/h2-6,8-9,19H,7H2,1H3. The minimum atomic E-state index is 0.530. The second-order valence-electron chi connectivity index (χ2n) is 4.77. The van der Waals surface area contributed by atoms with Gasteiger partial charge in [-0.25, -0.2) is 4.68 Å². The topological polar surface area (TPSA) is 55.6 Å². The third kappa shape index (κ3) is 3.05. The predicted octanol–water partition coefficient (Wildman–Crippen LogP) is 3.89. The van der Waals surface area contributed by atoms with Crippen LogP contribution < -0.4 is 5.32 Å². The maximum absolute atomic E-state index is 6.10. The molecule has 3 rings (SSSR count). The van der Waals surface area contributed by atoms with Crippen molar-refractivity contribution in [1.29, 1.82) is 0 Å². The second kappa shape index (κ2) is 6.34. The first-order chi connectivity index (χ1) is 10.6. The lowest BCUT2D eigenvalue weighted by Gasteiger charge is -2.10. The Morgan fingerprint density at radius 3 is 2.32 bits per heavy atom. The minimum Gasteiger partial charge on any atom is -0.381 e. The third-order valence-corrected chi connectivity index (χ3v) is 3.90. The van der Waals surface area contributed by atoms with Gasteiger partial charge in [0.25, 0.3) is 0 Å². The highest BCUT2D eigenvalue weighted by Gasteiger charge is 2.06. The number of pyridine rings is 1. The zero-order chi connectivity index (χ0) is 15.5. The number of aromatic nitrogens is 4. The average Bonchev–Trinajstić information content (AvgIpc) is 2.93. The van der Waals surface area contributed by atoms with Gasteiger partial charge in [0.05, 0.1) is 27.6 Å². The van der Waals surface area contributed by atoms with Crippen LogP contribution in [0.2, 0.25) is 10.0 Å². The molecule has 0 saturated heterocycles. The Balaban J connectivity index is 1.73. The Morgan fingerprint density at radius 2 is 1.73 bits per heavy atom. The lowest BCUT2D eigenvalue weighted by molar-refractivity contribution is 0.785. The summed E-state index contributed by atoms with van der Waals surface area (Å²) in [5.74, 6) is 0. The molecular weight excluding hydrogens is 321 g/mol. The van der Waals surface area contributed by atoms with E-state index in [2.05, 4.69) is 20.6 Å². The number of rotatable bonds is 4. The number of halogens is 2. The lowest BCUT2D eigenvalue weighted by atomic mass is 10.2. The molecule has 0 aliphatic heterocycles. The van der Waals surface area contributed by atoms with Gasteiger partial charge in [-0.15, -0.1) is 5.10 Å². The maximum atomic E-state index is 6.10. The molecule has 0 aliphatic rings. The van der Waals surface area contributed by atoms with E-state index in [0.29, 0.717) is 16.6 Å².